The Morgan fingerprint density at radius 2 is 1.77 bits per heavy atom. The van der Waals surface area contributed by atoms with Crippen molar-refractivity contribution in [3.63, 3.8) is 0 Å². The van der Waals surface area contributed by atoms with Crippen molar-refractivity contribution in [1.82, 2.24) is 4.98 Å². The van der Waals surface area contributed by atoms with Gasteiger partial charge in [-0.2, -0.15) is 0 Å². The number of aryl methyl sites for hydroxylation is 2. The Balaban J connectivity index is 2.35. The van der Waals surface area contributed by atoms with Crippen LogP contribution in [0.1, 0.15) is 27.9 Å². The molecular weight excluding hydrogens is 280 g/mol. The number of hydrogen-bond acceptors (Lipinski definition) is 3. The number of hydrogen-bond donors (Lipinski definition) is 1. The highest BCUT2D eigenvalue weighted by atomic mass is 16.4. The summed E-state index contributed by atoms with van der Waals surface area (Å²) < 4.78 is 0. The van der Waals surface area contributed by atoms with Crippen molar-refractivity contribution >= 4 is 17.6 Å². The second-order valence-corrected chi connectivity index (χ2v) is 5.10. The Kier molecular flexibility index (Phi) is 4.88. The third kappa shape index (κ3) is 3.69. The molecule has 22 heavy (non-hydrogen) atoms. The summed E-state index contributed by atoms with van der Waals surface area (Å²) in [6, 6.07) is 8.91. The van der Waals surface area contributed by atoms with Crippen molar-refractivity contribution in [2.24, 2.45) is 0 Å². The number of anilines is 1. The maximum atomic E-state index is 12.7. The Hall–Kier alpha value is -2.69. The molecule has 1 heterocycles. The molecule has 0 unspecified atom stereocenters. The number of carboxylic acids is 1. The number of benzene rings is 1. The van der Waals surface area contributed by atoms with Crippen LogP contribution in [0.5, 0.6) is 0 Å². The lowest BCUT2D eigenvalue weighted by atomic mass is 10.1. The fourth-order valence-corrected chi connectivity index (χ4v) is 2.10. The lowest BCUT2D eigenvalue weighted by Gasteiger charge is -2.23. The lowest BCUT2D eigenvalue weighted by Crippen LogP contribution is -2.33. The monoisotopic (exact) mass is 298 g/mol. The van der Waals surface area contributed by atoms with E-state index in [0.29, 0.717) is 11.3 Å². The van der Waals surface area contributed by atoms with Gasteiger partial charge in [-0.3, -0.25) is 14.6 Å². The van der Waals surface area contributed by atoms with Crippen LogP contribution >= 0.6 is 0 Å². The van der Waals surface area contributed by atoms with E-state index in [1.807, 2.05) is 32.0 Å². The molecule has 0 aliphatic carbocycles. The van der Waals surface area contributed by atoms with Crippen LogP contribution in [0.4, 0.5) is 5.69 Å². The number of nitrogens with zero attached hydrogens (tertiary/aromatic N) is 2. The number of aromatic nitrogens is 1. The van der Waals surface area contributed by atoms with Crippen molar-refractivity contribution in [2.45, 2.75) is 20.3 Å². The molecule has 0 aliphatic heterocycles. The molecule has 5 heteroatoms. The van der Waals surface area contributed by atoms with E-state index in [9.17, 15) is 9.59 Å². The van der Waals surface area contributed by atoms with Crippen LogP contribution < -0.4 is 4.90 Å². The van der Waals surface area contributed by atoms with Gasteiger partial charge in [-0.1, -0.05) is 6.07 Å². The van der Waals surface area contributed by atoms with Crippen molar-refractivity contribution < 1.29 is 14.7 Å². The first-order valence-electron chi connectivity index (χ1n) is 7.00. The minimum atomic E-state index is -0.934. The number of amides is 1. The molecule has 0 fully saturated rings. The predicted molar refractivity (Wildman–Crippen MR) is 84.1 cm³/mol. The fraction of sp³-hybridized carbons (Fsp3) is 0.235. The summed E-state index contributed by atoms with van der Waals surface area (Å²) in [5, 5.41) is 8.91. The molecule has 0 atom stereocenters. The molecule has 2 rings (SSSR count). The first kappa shape index (κ1) is 15.7. The maximum absolute atomic E-state index is 12.7. The van der Waals surface area contributed by atoms with E-state index in [4.69, 9.17) is 5.11 Å². The number of carbonyl (C=O) groups excluding carboxylic acids is 1. The highest BCUT2D eigenvalue weighted by molar-refractivity contribution is 6.06. The number of carboxylic acid groups (broad SMARTS) is 1. The summed E-state index contributed by atoms with van der Waals surface area (Å²) in [5.74, 6) is -1.16. The maximum Gasteiger partial charge on any atom is 0.305 e. The number of pyridine rings is 1. The van der Waals surface area contributed by atoms with E-state index in [1.165, 1.54) is 4.90 Å². The second kappa shape index (κ2) is 6.85. The quantitative estimate of drug-likeness (QED) is 0.921. The van der Waals surface area contributed by atoms with Crippen molar-refractivity contribution in [3.05, 3.63) is 59.4 Å². The van der Waals surface area contributed by atoms with Crippen LogP contribution in [0, 0.1) is 13.8 Å². The minimum absolute atomic E-state index is 0.107. The molecule has 0 aliphatic rings. The van der Waals surface area contributed by atoms with Crippen molar-refractivity contribution in [2.75, 3.05) is 11.4 Å². The Bertz CT molecular complexity index is 684. The molecule has 0 radical (unpaired) electrons. The van der Waals surface area contributed by atoms with E-state index in [1.54, 1.807) is 24.5 Å². The number of aliphatic carboxylic acids is 1. The van der Waals surface area contributed by atoms with Gasteiger partial charge < -0.3 is 10.0 Å². The van der Waals surface area contributed by atoms with E-state index in [-0.39, 0.29) is 18.9 Å². The Morgan fingerprint density at radius 1 is 1.09 bits per heavy atom. The predicted octanol–water partition coefficient (Wildman–Crippen LogP) is 2.82. The molecule has 1 N–H and O–H groups in total. The van der Waals surface area contributed by atoms with Crippen molar-refractivity contribution in [3.8, 4) is 0 Å². The number of carbonyl (C=O) groups is 2. The smallest absolute Gasteiger partial charge is 0.305 e. The number of rotatable bonds is 5. The molecule has 1 aromatic heterocycles. The van der Waals surface area contributed by atoms with Crippen LogP contribution in [0.15, 0.2) is 42.7 Å². The average Bonchev–Trinajstić information content (AvgIpc) is 2.51. The van der Waals surface area contributed by atoms with Crippen molar-refractivity contribution in [1.29, 1.82) is 0 Å². The molecule has 114 valence electrons. The van der Waals surface area contributed by atoms with Gasteiger partial charge in [0.25, 0.3) is 5.91 Å². The average molecular weight is 298 g/mol. The van der Waals surface area contributed by atoms with Crippen LogP contribution in [0.3, 0.4) is 0 Å². The molecule has 0 saturated heterocycles. The highest BCUT2D eigenvalue weighted by Gasteiger charge is 2.19. The molecule has 0 saturated carbocycles. The first-order valence-corrected chi connectivity index (χ1v) is 7.00. The summed E-state index contributed by atoms with van der Waals surface area (Å²) >= 11 is 0. The fourth-order valence-electron chi connectivity index (χ4n) is 2.10. The van der Waals surface area contributed by atoms with Gasteiger partial charge in [0.2, 0.25) is 0 Å². The Morgan fingerprint density at radius 3 is 2.36 bits per heavy atom. The zero-order chi connectivity index (χ0) is 16.1. The summed E-state index contributed by atoms with van der Waals surface area (Å²) in [6.45, 7) is 4.08. The van der Waals surface area contributed by atoms with Gasteiger partial charge in [0.15, 0.2) is 0 Å². The normalized spacial score (nSPS) is 10.3. The SMILES string of the molecule is Cc1ccc(N(CCC(=O)O)C(=O)c2ccncc2)cc1C. The van der Waals surface area contributed by atoms with Gasteiger partial charge in [0, 0.05) is 30.2 Å². The zero-order valence-electron chi connectivity index (χ0n) is 12.6. The summed E-state index contributed by atoms with van der Waals surface area (Å²) in [5.41, 5.74) is 3.36. The van der Waals surface area contributed by atoms with Crippen LogP contribution in [-0.2, 0) is 4.79 Å². The van der Waals surface area contributed by atoms with E-state index < -0.39 is 5.97 Å². The van der Waals surface area contributed by atoms with Gasteiger partial charge in [0.05, 0.1) is 6.42 Å². The van der Waals surface area contributed by atoms with Gasteiger partial charge in [-0.25, -0.2) is 0 Å². The van der Waals surface area contributed by atoms with E-state index in [2.05, 4.69) is 4.98 Å². The molecule has 1 amide bonds. The molecule has 5 nitrogen and oxygen atoms in total. The Labute approximate surface area is 129 Å². The van der Waals surface area contributed by atoms with Crippen LogP contribution in [-0.4, -0.2) is 28.5 Å². The summed E-state index contributed by atoms with van der Waals surface area (Å²) in [6.07, 6.45) is 2.98. The minimum Gasteiger partial charge on any atom is -0.481 e. The van der Waals surface area contributed by atoms with Gasteiger partial charge in [-0.05, 0) is 49.2 Å². The standard InChI is InChI=1S/C17H18N2O3/c1-12-3-4-15(11-13(12)2)19(10-7-16(20)21)17(22)14-5-8-18-9-6-14/h3-6,8-9,11H,7,10H2,1-2H3,(H,20,21). The third-order valence-electron chi connectivity index (χ3n) is 3.52. The topological polar surface area (TPSA) is 70.5 Å². The molecule has 0 spiro atoms. The largest absolute Gasteiger partial charge is 0.481 e. The summed E-state index contributed by atoms with van der Waals surface area (Å²) in [7, 11) is 0. The molecule has 1 aromatic carbocycles. The van der Waals surface area contributed by atoms with E-state index in [0.717, 1.165) is 11.1 Å². The summed E-state index contributed by atoms with van der Waals surface area (Å²) in [4.78, 5) is 28.9. The molecular formula is C17H18N2O3. The zero-order valence-corrected chi connectivity index (χ0v) is 12.6. The van der Waals surface area contributed by atoms with Gasteiger partial charge >= 0.3 is 5.97 Å². The van der Waals surface area contributed by atoms with Gasteiger partial charge in [0.1, 0.15) is 0 Å². The van der Waals surface area contributed by atoms with E-state index >= 15 is 0 Å². The third-order valence-corrected chi connectivity index (χ3v) is 3.52. The lowest BCUT2D eigenvalue weighted by molar-refractivity contribution is -0.136. The van der Waals surface area contributed by atoms with Crippen LogP contribution in [0.2, 0.25) is 0 Å². The molecule has 2 aromatic rings. The highest BCUT2D eigenvalue weighted by Crippen LogP contribution is 2.21. The first-order chi connectivity index (χ1) is 10.5. The van der Waals surface area contributed by atoms with Gasteiger partial charge in [-0.15, -0.1) is 0 Å². The molecule has 0 bridgehead atoms. The second-order valence-electron chi connectivity index (χ2n) is 5.10. The van der Waals surface area contributed by atoms with Crippen LogP contribution in [0.25, 0.3) is 0 Å².